The number of rotatable bonds is 3. The van der Waals surface area contributed by atoms with Gasteiger partial charge < -0.3 is 10.2 Å². The van der Waals surface area contributed by atoms with Crippen LogP contribution in [-0.2, 0) is 19.3 Å². The number of hydrogen-bond donors (Lipinski definition) is 1. The molecule has 3 rings (SSSR count). The number of thioether (sulfide) groups is 1. The van der Waals surface area contributed by atoms with Crippen molar-refractivity contribution in [3.63, 3.8) is 0 Å². The van der Waals surface area contributed by atoms with E-state index in [1.54, 1.807) is 4.90 Å². The first-order valence-corrected chi connectivity index (χ1v) is 10.3. The summed E-state index contributed by atoms with van der Waals surface area (Å²) in [6, 6.07) is 5.60. The van der Waals surface area contributed by atoms with Crippen molar-refractivity contribution in [1.82, 2.24) is 10.3 Å². The molecule has 2 heterocycles. The lowest BCUT2D eigenvalue weighted by Gasteiger charge is -2.29. The molecule has 7 nitrogen and oxygen atoms in total. The molecule has 2 aliphatic rings. The predicted molar refractivity (Wildman–Crippen MR) is 109 cm³/mol. The number of nitrogens with one attached hydrogen (secondary N) is 1. The molecule has 0 aromatic heterocycles. The summed E-state index contributed by atoms with van der Waals surface area (Å²) in [7, 11) is 0. The Morgan fingerprint density at radius 3 is 2.63 bits per heavy atom. The Hall–Kier alpha value is -1.87. The molecule has 0 fully saturated rings. The molecule has 0 saturated carbocycles. The number of hydrogen-bond acceptors (Lipinski definition) is 5. The summed E-state index contributed by atoms with van der Waals surface area (Å²) in [6.07, 6.45) is 0.835. The van der Waals surface area contributed by atoms with E-state index in [0.29, 0.717) is 18.0 Å². The molecule has 0 unspecified atom stereocenters. The SMILES string of the molecule is CC(=O)NC1=NN(C(C)=O)[C@]2(S1)C(=O)N(CCC(C)C)c1ccc(Br)cc12. The van der Waals surface area contributed by atoms with E-state index in [4.69, 9.17) is 0 Å². The molecule has 0 aliphatic carbocycles. The van der Waals surface area contributed by atoms with Gasteiger partial charge in [-0.25, -0.2) is 0 Å². The maximum atomic E-state index is 13.6. The van der Waals surface area contributed by atoms with Crippen molar-refractivity contribution >= 4 is 56.3 Å². The maximum Gasteiger partial charge on any atom is 0.270 e. The van der Waals surface area contributed by atoms with E-state index in [1.807, 2.05) is 18.2 Å². The molecule has 0 bridgehead atoms. The Balaban J connectivity index is 2.11. The number of hydrazone groups is 1. The molecule has 1 spiro atoms. The summed E-state index contributed by atoms with van der Waals surface area (Å²) >= 11 is 4.55. The van der Waals surface area contributed by atoms with Crippen LogP contribution in [0.4, 0.5) is 5.69 Å². The van der Waals surface area contributed by atoms with E-state index in [2.05, 4.69) is 40.2 Å². The third-order valence-corrected chi connectivity index (χ3v) is 6.13. The Kier molecular flexibility index (Phi) is 5.36. The standard InChI is InChI=1S/C18H21BrN4O3S/c1-10(2)7-8-22-15-6-5-13(19)9-14(15)18(16(22)26)23(12(4)25)21-17(27-18)20-11(3)24/h5-6,9-10H,7-8H2,1-4H3,(H,20,21,24)/t18-/m1/s1. The van der Waals surface area contributed by atoms with Gasteiger partial charge in [-0.3, -0.25) is 14.4 Å². The molecular formula is C18H21BrN4O3S. The quantitative estimate of drug-likeness (QED) is 0.763. The number of benzene rings is 1. The Morgan fingerprint density at radius 1 is 1.33 bits per heavy atom. The van der Waals surface area contributed by atoms with E-state index in [1.165, 1.54) is 18.9 Å². The van der Waals surface area contributed by atoms with Crippen molar-refractivity contribution in [3.8, 4) is 0 Å². The topological polar surface area (TPSA) is 82.1 Å². The van der Waals surface area contributed by atoms with Crippen LogP contribution in [0.1, 0.15) is 39.7 Å². The zero-order valence-corrected chi connectivity index (χ0v) is 18.0. The number of anilines is 1. The summed E-state index contributed by atoms with van der Waals surface area (Å²) in [5.74, 6) is -0.466. The molecule has 9 heteroatoms. The van der Waals surface area contributed by atoms with Gasteiger partial charge in [-0.15, -0.1) is 5.10 Å². The van der Waals surface area contributed by atoms with Gasteiger partial charge in [-0.2, -0.15) is 5.01 Å². The van der Waals surface area contributed by atoms with Gasteiger partial charge in [0.2, 0.25) is 16.7 Å². The van der Waals surface area contributed by atoms with Crippen LogP contribution in [0.25, 0.3) is 0 Å². The highest BCUT2D eigenvalue weighted by atomic mass is 79.9. The average molecular weight is 453 g/mol. The van der Waals surface area contributed by atoms with E-state index in [9.17, 15) is 14.4 Å². The second-order valence-corrected chi connectivity index (χ2v) is 9.06. The Morgan fingerprint density at radius 2 is 2.04 bits per heavy atom. The number of amides is 3. The summed E-state index contributed by atoms with van der Waals surface area (Å²) in [5.41, 5.74) is 1.46. The maximum absolute atomic E-state index is 13.6. The molecule has 2 aliphatic heterocycles. The monoisotopic (exact) mass is 452 g/mol. The molecule has 0 saturated heterocycles. The van der Waals surface area contributed by atoms with Gasteiger partial charge >= 0.3 is 0 Å². The van der Waals surface area contributed by atoms with Crippen molar-refractivity contribution in [3.05, 3.63) is 28.2 Å². The van der Waals surface area contributed by atoms with Crippen molar-refractivity contribution < 1.29 is 14.4 Å². The summed E-state index contributed by atoms with van der Waals surface area (Å²) in [4.78, 5) is 37.8. The number of carbonyl (C=O) groups is 3. The van der Waals surface area contributed by atoms with Crippen LogP contribution in [0.5, 0.6) is 0 Å². The predicted octanol–water partition coefficient (Wildman–Crippen LogP) is 3.00. The molecule has 27 heavy (non-hydrogen) atoms. The summed E-state index contributed by atoms with van der Waals surface area (Å²) in [6.45, 7) is 7.48. The second kappa shape index (κ2) is 7.27. The van der Waals surface area contributed by atoms with Crippen LogP contribution >= 0.6 is 27.7 Å². The van der Waals surface area contributed by atoms with E-state index in [0.717, 1.165) is 28.3 Å². The minimum Gasteiger partial charge on any atom is -0.309 e. The normalized spacial score (nSPS) is 21.1. The van der Waals surface area contributed by atoms with Crippen LogP contribution in [0, 0.1) is 5.92 Å². The average Bonchev–Trinajstić information content (AvgIpc) is 3.04. The highest BCUT2D eigenvalue weighted by Crippen LogP contribution is 2.55. The zero-order chi connectivity index (χ0) is 19.9. The number of nitrogens with zero attached hydrogens (tertiary/aromatic N) is 3. The fraction of sp³-hybridized carbons (Fsp3) is 0.444. The number of amidine groups is 1. The number of fused-ring (bicyclic) bond motifs is 2. The minimum absolute atomic E-state index is 0.222. The van der Waals surface area contributed by atoms with Crippen LogP contribution in [0.2, 0.25) is 0 Å². The molecule has 1 N–H and O–H groups in total. The van der Waals surface area contributed by atoms with E-state index >= 15 is 0 Å². The van der Waals surface area contributed by atoms with Crippen LogP contribution in [-0.4, -0.2) is 34.4 Å². The van der Waals surface area contributed by atoms with Crippen molar-refractivity contribution in [2.45, 2.75) is 39.0 Å². The largest absolute Gasteiger partial charge is 0.309 e. The first-order chi connectivity index (χ1) is 12.7. The van der Waals surface area contributed by atoms with Gasteiger partial charge in [0.15, 0.2) is 5.17 Å². The van der Waals surface area contributed by atoms with Crippen LogP contribution < -0.4 is 10.2 Å². The third-order valence-electron chi connectivity index (χ3n) is 4.39. The molecule has 144 valence electrons. The lowest BCUT2D eigenvalue weighted by Crippen LogP contribution is -2.48. The fourth-order valence-electron chi connectivity index (χ4n) is 3.19. The van der Waals surface area contributed by atoms with Crippen molar-refractivity contribution in [2.75, 3.05) is 11.4 Å². The molecule has 1 aromatic rings. The molecule has 1 atom stereocenters. The van der Waals surface area contributed by atoms with Crippen LogP contribution in [0.15, 0.2) is 27.8 Å². The Labute approximate surface area is 170 Å². The first-order valence-electron chi connectivity index (χ1n) is 8.64. The van der Waals surface area contributed by atoms with Crippen molar-refractivity contribution in [1.29, 1.82) is 0 Å². The molecule has 0 radical (unpaired) electrons. The number of carbonyl (C=O) groups excluding carboxylic acids is 3. The van der Waals surface area contributed by atoms with Gasteiger partial charge in [-0.1, -0.05) is 29.8 Å². The summed E-state index contributed by atoms with van der Waals surface area (Å²) in [5, 5.41) is 8.27. The lowest BCUT2D eigenvalue weighted by atomic mass is 10.1. The van der Waals surface area contributed by atoms with E-state index < -0.39 is 4.87 Å². The van der Waals surface area contributed by atoms with Crippen molar-refractivity contribution in [2.24, 2.45) is 11.0 Å². The van der Waals surface area contributed by atoms with Crippen LogP contribution in [0.3, 0.4) is 0 Å². The van der Waals surface area contributed by atoms with Gasteiger partial charge in [0.25, 0.3) is 5.91 Å². The highest BCUT2D eigenvalue weighted by molar-refractivity contribution is 9.10. The number of halogens is 1. The smallest absolute Gasteiger partial charge is 0.270 e. The highest BCUT2D eigenvalue weighted by Gasteiger charge is 2.61. The van der Waals surface area contributed by atoms with Gasteiger partial charge in [0.1, 0.15) is 0 Å². The fourth-order valence-corrected chi connectivity index (χ4v) is 4.88. The third kappa shape index (κ3) is 3.38. The summed E-state index contributed by atoms with van der Waals surface area (Å²) < 4.78 is 0.802. The van der Waals surface area contributed by atoms with Gasteiger partial charge in [0.05, 0.1) is 5.69 Å². The van der Waals surface area contributed by atoms with Gasteiger partial charge in [-0.05, 0) is 42.3 Å². The molecule has 1 aromatic carbocycles. The van der Waals surface area contributed by atoms with Gasteiger partial charge in [0, 0.05) is 30.4 Å². The molecule has 3 amide bonds. The Bertz CT molecular complexity index is 857. The minimum atomic E-state index is -1.33. The zero-order valence-electron chi connectivity index (χ0n) is 15.6. The van der Waals surface area contributed by atoms with E-state index in [-0.39, 0.29) is 22.9 Å². The first kappa shape index (κ1) is 19.9. The molecular weight excluding hydrogens is 432 g/mol. The lowest BCUT2D eigenvalue weighted by molar-refractivity contribution is -0.139. The second-order valence-electron chi connectivity index (χ2n) is 6.96.